The second-order valence-electron chi connectivity index (χ2n) is 12.5. The monoisotopic (exact) mass is 603 g/mol. The highest BCUT2D eigenvalue weighted by molar-refractivity contribution is 6.07. The molecule has 0 saturated heterocycles. The molecule has 7 aromatic carbocycles. The lowest BCUT2D eigenvalue weighted by molar-refractivity contribution is 0.668. The van der Waals surface area contributed by atoms with Gasteiger partial charge in [0.05, 0.1) is 0 Å². The number of para-hydroxylation sites is 2. The highest BCUT2D eigenvalue weighted by Gasteiger charge is 2.22. The molecule has 0 saturated carbocycles. The first-order valence-electron chi connectivity index (χ1n) is 16.2. The maximum absolute atomic E-state index is 6.34. The van der Waals surface area contributed by atoms with Crippen LogP contribution in [0.4, 0.5) is 17.1 Å². The Balaban J connectivity index is 1.11. The average molecular weight is 604 g/mol. The smallest absolute Gasteiger partial charge is 0.137 e. The molecule has 0 N–H and O–H groups in total. The van der Waals surface area contributed by atoms with E-state index in [1.165, 1.54) is 44.2 Å². The van der Waals surface area contributed by atoms with Gasteiger partial charge in [-0.05, 0) is 107 Å². The molecule has 1 aliphatic carbocycles. The molecule has 0 radical (unpaired) electrons. The minimum absolute atomic E-state index is 0.886. The first kappa shape index (κ1) is 26.2. The Bertz CT molecular complexity index is 2630. The van der Waals surface area contributed by atoms with Gasteiger partial charge in [0.15, 0.2) is 0 Å². The molecular formula is C44H29NO2. The SMILES string of the molecule is c1ccc(-c2ccc(N(c3ccc4c(c3)CCc3cc5c(cc3-4)oc3ccccc35)c3ccc4c(c3)oc3ccccc34)cc2)cc1. The Kier molecular flexibility index (Phi) is 5.70. The van der Waals surface area contributed by atoms with E-state index in [9.17, 15) is 0 Å². The lowest BCUT2D eigenvalue weighted by atomic mass is 9.84. The summed E-state index contributed by atoms with van der Waals surface area (Å²) in [6.45, 7) is 0. The molecule has 10 rings (SSSR count). The maximum atomic E-state index is 6.34. The molecule has 3 heteroatoms. The summed E-state index contributed by atoms with van der Waals surface area (Å²) in [6.07, 6.45) is 1.98. The lowest BCUT2D eigenvalue weighted by Gasteiger charge is -2.28. The van der Waals surface area contributed by atoms with Crippen molar-refractivity contribution in [3.63, 3.8) is 0 Å². The van der Waals surface area contributed by atoms with Crippen molar-refractivity contribution < 1.29 is 8.83 Å². The third kappa shape index (κ3) is 4.20. The van der Waals surface area contributed by atoms with Crippen LogP contribution in [0, 0.1) is 0 Å². The minimum atomic E-state index is 0.886. The number of furan rings is 2. The van der Waals surface area contributed by atoms with Gasteiger partial charge in [-0.15, -0.1) is 0 Å². The van der Waals surface area contributed by atoms with Crippen molar-refractivity contribution in [2.75, 3.05) is 4.90 Å². The van der Waals surface area contributed by atoms with E-state index in [0.29, 0.717) is 0 Å². The van der Waals surface area contributed by atoms with Gasteiger partial charge in [-0.25, -0.2) is 0 Å². The molecule has 222 valence electrons. The number of hydrogen-bond donors (Lipinski definition) is 0. The van der Waals surface area contributed by atoms with Crippen LogP contribution in [0.1, 0.15) is 11.1 Å². The Morgan fingerprint density at radius 1 is 0.362 bits per heavy atom. The summed E-state index contributed by atoms with van der Waals surface area (Å²) in [6, 6.07) is 54.1. The summed E-state index contributed by atoms with van der Waals surface area (Å²) >= 11 is 0. The van der Waals surface area contributed by atoms with Gasteiger partial charge in [0, 0.05) is 44.7 Å². The zero-order valence-corrected chi connectivity index (χ0v) is 25.6. The van der Waals surface area contributed by atoms with Crippen LogP contribution in [-0.4, -0.2) is 0 Å². The van der Waals surface area contributed by atoms with E-state index in [0.717, 1.165) is 63.0 Å². The molecule has 1 aliphatic rings. The largest absolute Gasteiger partial charge is 0.456 e. The predicted octanol–water partition coefficient (Wildman–Crippen LogP) is 12.4. The summed E-state index contributed by atoms with van der Waals surface area (Å²) < 4.78 is 12.6. The van der Waals surface area contributed by atoms with Crippen LogP contribution in [0.5, 0.6) is 0 Å². The predicted molar refractivity (Wildman–Crippen MR) is 194 cm³/mol. The van der Waals surface area contributed by atoms with E-state index in [1.807, 2.05) is 18.2 Å². The fourth-order valence-electron chi connectivity index (χ4n) is 7.47. The maximum Gasteiger partial charge on any atom is 0.137 e. The molecule has 0 spiro atoms. The number of aryl methyl sites for hydroxylation is 2. The summed E-state index contributed by atoms with van der Waals surface area (Å²) in [4.78, 5) is 2.35. The quantitative estimate of drug-likeness (QED) is 0.200. The number of hydrogen-bond acceptors (Lipinski definition) is 3. The molecule has 0 amide bonds. The minimum Gasteiger partial charge on any atom is -0.456 e. The fourth-order valence-corrected chi connectivity index (χ4v) is 7.47. The van der Waals surface area contributed by atoms with Crippen LogP contribution >= 0.6 is 0 Å². The van der Waals surface area contributed by atoms with Gasteiger partial charge in [0.2, 0.25) is 0 Å². The second kappa shape index (κ2) is 10.2. The van der Waals surface area contributed by atoms with Gasteiger partial charge in [-0.2, -0.15) is 0 Å². The second-order valence-corrected chi connectivity index (χ2v) is 12.5. The van der Waals surface area contributed by atoms with Crippen molar-refractivity contribution in [2.45, 2.75) is 12.8 Å². The van der Waals surface area contributed by atoms with Crippen molar-refractivity contribution in [1.29, 1.82) is 0 Å². The van der Waals surface area contributed by atoms with Crippen molar-refractivity contribution >= 4 is 60.9 Å². The molecule has 0 fully saturated rings. The molecule has 0 aliphatic heterocycles. The van der Waals surface area contributed by atoms with Crippen molar-refractivity contribution in [3.05, 3.63) is 163 Å². The van der Waals surface area contributed by atoms with Gasteiger partial charge in [0.25, 0.3) is 0 Å². The first-order chi connectivity index (χ1) is 23.3. The van der Waals surface area contributed by atoms with E-state index < -0.39 is 0 Å². The van der Waals surface area contributed by atoms with Gasteiger partial charge in [-0.3, -0.25) is 0 Å². The number of anilines is 3. The van der Waals surface area contributed by atoms with E-state index >= 15 is 0 Å². The normalized spacial score (nSPS) is 12.5. The van der Waals surface area contributed by atoms with E-state index in [2.05, 4.69) is 138 Å². The summed E-state index contributed by atoms with van der Waals surface area (Å²) in [5.74, 6) is 0. The van der Waals surface area contributed by atoms with Crippen LogP contribution in [-0.2, 0) is 12.8 Å². The fraction of sp³-hybridized carbons (Fsp3) is 0.0455. The third-order valence-corrected chi connectivity index (χ3v) is 9.76. The van der Waals surface area contributed by atoms with Crippen molar-refractivity contribution in [1.82, 2.24) is 0 Å². The Hall–Kier alpha value is -6.06. The number of benzene rings is 7. The molecule has 2 heterocycles. The summed E-state index contributed by atoms with van der Waals surface area (Å²) in [7, 11) is 0. The van der Waals surface area contributed by atoms with Crippen LogP contribution in [0.15, 0.2) is 160 Å². The van der Waals surface area contributed by atoms with E-state index in [-0.39, 0.29) is 0 Å². The molecular weight excluding hydrogens is 574 g/mol. The molecule has 3 nitrogen and oxygen atoms in total. The Labute approximate surface area is 271 Å². The highest BCUT2D eigenvalue weighted by Crippen LogP contribution is 2.44. The van der Waals surface area contributed by atoms with Crippen LogP contribution in [0.2, 0.25) is 0 Å². The molecule has 0 bridgehead atoms. The van der Waals surface area contributed by atoms with Crippen molar-refractivity contribution in [2.24, 2.45) is 0 Å². The average Bonchev–Trinajstić information content (AvgIpc) is 3.69. The van der Waals surface area contributed by atoms with Crippen LogP contribution in [0.3, 0.4) is 0 Å². The first-order valence-corrected chi connectivity index (χ1v) is 16.2. The Morgan fingerprint density at radius 3 is 1.68 bits per heavy atom. The zero-order valence-electron chi connectivity index (χ0n) is 25.6. The van der Waals surface area contributed by atoms with Crippen LogP contribution < -0.4 is 4.90 Å². The van der Waals surface area contributed by atoms with Crippen LogP contribution in [0.25, 0.3) is 66.1 Å². The third-order valence-electron chi connectivity index (χ3n) is 9.76. The number of nitrogens with zero attached hydrogens (tertiary/aromatic N) is 1. The van der Waals surface area contributed by atoms with Crippen molar-refractivity contribution in [3.8, 4) is 22.3 Å². The number of rotatable bonds is 4. The Morgan fingerprint density at radius 2 is 0.915 bits per heavy atom. The van der Waals surface area contributed by atoms with E-state index in [4.69, 9.17) is 8.83 Å². The van der Waals surface area contributed by atoms with Gasteiger partial charge in [-0.1, -0.05) is 84.9 Å². The van der Waals surface area contributed by atoms with E-state index in [1.54, 1.807) is 0 Å². The summed E-state index contributed by atoms with van der Waals surface area (Å²) in [5.41, 5.74) is 14.6. The molecule has 2 aromatic heterocycles. The molecule has 0 unspecified atom stereocenters. The lowest BCUT2D eigenvalue weighted by Crippen LogP contribution is -2.12. The molecule has 47 heavy (non-hydrogen) atoms. The zero-order chi connectivity index (χ0) is 30.9. The van der Waals surface area contributed by atoms with Gasteiger partial charge in [0.1, 0.15) is 22.3 Å². The van der Waals surface area contributed by atoms with Gasteiger partial charge >= 0.3 is 0 Å². The molecule has 0 atom stereocenters. The molecule has 9 aromatic rings. The topological polar surface area (TPSA) is 29.5 Å². The van der Waals surface area contributed by atoms with Gasteiger partial charge < -0.3 is 13.7 Å². The summed E-state index contributed by atoms with van der Waals surface area (Å²) in [5, 5.41) is 4.65. The standard InChI is InChI=1S/C44H29NO2/c1-2-8-28(9-3-1)29-16-18-32(19-17-29)45(34-21-23-38-36-10-4-6-12-41(36)46-43(38)26-34)33-20-22-35-30(24-33)14-15-31-25-40-37-11-5-7-13-42(37)47-44(40)27-39(31)35/h1-13,16-27H,14-15H2. The highest BCUT2D eigenvalue weighted by atomic mass is 16.3. The number of fused-ring (bicyclic) bond motifs is 9.